The van der Waals surface area contributed by atoms with Gasteiger partial charge in [-0.1, -0.05) is 0 Å². The molecule has 0 unspecified atom stereocenters. The molecular weight excluding hydrogens is 366 g/mol. The maximum absolute atomic E-state index is 12.2. The van der Waals surface area contributed by atoms with Crippen LogP contribution in [0.1, 0.15) is 0 Å². The van der Waals surface area contributed by atoms with Crippen LogP contribution in [-0.2, 0) is 10.0 Å². The van der Waals surface area contributed by atoms with E-state index in [1.165, 1.54) is 18.3 Å². The smallest absolute Gasteiger partial charge is 0.312 e. The molecule has 0 saturated carbocycles. The number of phenolic OH excluding ortho intramolecular Hbond substituents is 1. The van der Waals surface area contributed by atoms with E-state index in [1.807, 2.05) is 0 Å². The number of halogens is 1. The fourth-order valence-corrected chi connectivity index (χ4v) is 3.05. The molecule has 0 aliphatic heterocycles. The summed E-state index contributed by atoms with van der Waals surface area (Å²) in [4.78, 5) is 13.4. The Morgan fingerprint density at radius 2 is 2.05 bits per heavy atom. The Labute approximate surface area is 127 Å². The van der Waals surface area contributed by atoms with E-state index in [2.05, 4.69) is 25.6 Å². The predicted octanol–water partition coefficient (Wildman–Crippen LogP) is 2.26. The summed E-state index contributed by atoms with van der Waals surface area (Å²) in [5.41, 5.74) is -0.503. The van der Waals surface area contributed by atoms with Crippen molar-refractivity contribution in [3.8, 4) is 5.75 Å². The van der Waals surface area contributed by atoms with E-state index in [0.29, 0.717) is 0 Å². The van der Waals surface area contributed by atoms with Gasteiger partial charge in [-0.3, -0.25) is 14.8 Å². The number of nitro benzene ring substituents is 1. The van der Waals surface area contributed by atoms with Gasteiger partial charge in [-0.25, -0.2) is 13.4 Å². The molecule has 0 bridgehead atoms. The molecule has 2 N–H and O–H groups in total. The fraction of sp³-hybridized carbons (Fsp3) is 0. The molecule has 0 aliphatic carbocycles. The molecule has 0 fully saturated rings. The number of aromatic nitrogens is 1. The van der Waals surface area contributed by atoms with Crippen LogP contribution in [0.5, 0.6) is 5.75 Å². The first-order valence-corrected chi connectivity index (χ1v) is 7.69. The van der Waals surface area contributed by atoms with Crippen LogP contribution in [-0.4, -0.2) is 23.4 Å². The third-order valence-electron chi connectivity index (χ3n) is 2.46. The maximum atomic E-state index is 12.2. The minimum absolute atomic E-state index is 0.188. The quantitative estimate of drug-likeness (QED) is 0.481. The van der Waals surface area contributed by atoms with Crippen LogP contribution in [0.4, 0.5) is 11.4 Å². The number of phenols is 1. The Bertz CT molecular complexity index is 809. The Morgan fingerprint density at radius 3 is 2.67 bits per heavy atom. The second-order valence-corrected chi connectivity index (χ2v) is 6.29. The third-order valence-corrected chi connectivity index (χ3v) is 4.45. The Kier molecular flexibility index (Phi) is 4.09. The average Bonchev–Trinajstić information content (AvgIpc) is 2.41. The van der Waals surface area contributed by atoms with Crippen molar-refractivity contribution in [3.05, 3.63) is 51.2 Å². The van der Waals surface area contributed by atoms with Crippen molar-refractivity contribution < 1.29 is 18.4 Å². The Hall–Kier alpha value is -2.20. The summed E-state index contributed by atoms with van der Waals surface area (Å²) in [7, 11) is -4.04. The van der Waals surface area contributed by atoms with Crippen molar-refractivity contribution in [1.29, 1.82) is 0 Å². The number of nitrogens with one attached hydrogen (secondary N) is 1. The zero-order valence-corrected chi connectivity index (χ0v) is 12.6. The number of benzene rings is 1. The van der Waals surface area contributed by atoms with Gasteiger partial charge in [0.15, 0.2) is 5.75 Å². The lowest BCUT2D eigenvalue weighted by Crippen LogP contribution is -2.13. The largest absolute Gasteiger partial charge is 0.502 e. The van der Waals surface area contributed by atoms with Crippen molar-refractivity contribution >= 4 is 37.3 Å². The highest BCUT2D eigenvalue weighted by atomic mass is 79.9. The summed E-state index contributed by atoms with van der Waals surface area (Å²) >= 11 is 3.08. The predicted molar refractivity (Wildman–Crippen MR) is 77.5 cm³/mol. The van der Waals surface area contributed by atoms with Gasteiger partial charge < -0.3 is 5.11 Å². The number of hydrogen-bond acceptors (Lipinski definition) is 6. The van der Waals surface area contributed by atoms with Crippen LogP contribution in [0.15, 0.2) is 46.0 Å². The lowest BCUT2D eigenvalue weighted by Gasteiger charge is -2.09. The van der Waals surface area contributed by atoms with Gasteiger partial charge in [0.25, 0.3) is 10.0 Å². The van der Waals surface area contributed by atoms with Gasteiger partial charge >= 0.3 is 5.69 Å². The van der Waals surface area contributed by atoms with Crippen LogP contribution in [0.2, 0.25) is 0 Å². The minimum Gasteiger partial charge on any atom is -0.502 e. The van der Waals surface area contributed by atoms with Gasteiger partial charge in [-0.05, 0) is 40.2 Å². The molecule has 1 aromatic heterocycles. The van der Waals surface area contributed by atoms with Crippen LogP contribution in [0.3, 0.4) is 0 Å². The molecule has 1 heterocycles. The molecule has 2 aromatic rings. The first kappa shape index (κ1) is 15.2. The van der Waals surface area contributed by atoms with Crippen molar-refractivity contribution in [3.63, 3.8) is 0 Å². The lowest BCUT2D eigenvalue weighted by molar-refractivity contribution is -0.386. The van der Waals surface area contributed by atoms with E-state index in [4.69, 9.17) is 0 Å². The van der Waals surface area contributed by atoms with Gasteiger partial charge in [0.1, 0.15) is 4.60 Å². The average molecular weight is 374 g/mol. The lowest BCUT2D eigenvalue weighted by atomic mass is 10.3. The summed E-state index contributed by atoms with van der Waals surface area (Å²) in [6, 6.07) is 5.80. The topological polar surface area (TPSA) is 122 Å². The number of aromatic hydroxyl groups is 1. The summed E-state index contributed by atoms with van der Waals surface area (Å²) in [5, 5.41) is 20.1. The molecule has 10 heteroatoms. The number of hydrogen-bond donors (Lipinski definition) is 2. The monoisotopic (exact) mass is 373 g/mol. The molecule has 0 amide bonds. The van der Waals surface area contributed by atoms with Crippen LogP contribution in [0, 0.1) is 10.1 Å². The number of nitrogens with zero attached hydrogens (tertiary/aromatic N) is 2. The van der Waals surface area contributed by atoms with Crippen molar-refractivity contribution in [1.82, 2.24) is 4.98 Å². The highest BCUT2D eigenvalue weighted by Gasteiger charge is 2.22. The van der Waals surface area contributed by atoms with E-state index >= 15 is 0 Å². The summed E-state index contributed by atoms with van der Waals surface area (Å²) < 4.78 is 26.9. The van der Waals surface area contributed by atoms with E-state index in [0.717, 1.165) is 18.2 Å². The molecule has 2 rings (SSSR count). The van der Waals surface area contributed by atoms with E-state index in [-0.39, 0.29) is 15.2 Å². The van der Waals surface area contributed by atoms with E-state index in [9.17, 15) is 23.6 Å². The molecule has 21 heavy (non-hydrogen) atoms. The van der Waals surface area contributed by atoms with Crippen LogP contribution >= 0.6 is 15.9 Å². The highest BCUT2D eigenvalue weighted by Crippen LogP contribution is 2.29. The number of anilines is 1. The molecular formula is C11H8BrN3O5S. The second kappa shape index (κ2) is 5.66. The molecule has 0 atom stereocenters. The molecule has 0 radical (unpaired) electrons. The highest BCUT2D eigenvalue weighted by molar-refractivity contribution is 9.10. The molecule has 110 valence electrons. The first-order valence-electron chi connectivity index (χ1n) is 5.42. The SMILES string of the molecule is O=[N+]([O-])c1cc(S(=O)(=O)Nc2cccnc2Br)ccc1O. The molecule has 8 nitrogen and oxygen atoms in total. The molecule has 1 aromatic carbocycles. The molecule has 0 spiro atoms. The number of sulfonamides is 1. The van der Waals surface area contributed by atoms with Crippen molar-refractivity contribution in [2.45, 2.75) is 4.90 Å². The second-order valence-electron chi connectivity index (χ2n) is 3.85. The van der Waals surface area contributed by atoms with Gasteiger partial charge in [0.05, 0.1) is 15.5 Å². The van der Waals surface area contributed by atoms with E-state index < -0.39 is 26.4 Å². The summed E-state index contributed by atoms with van der Waals surface area (Å²) in [5.74, 6) is -0.610. The van der Waals surface area contributed by atoms with Crippen molar-refractivity contribution in [2.24, 2.45) is 0 Å². The number of pyridine rings is 1. The Balaban J connectivity index is 2.43. The Morgan fingerprint density at radius 1 is 1.33 bits per heavy atom. The standard InChI is InChI=1S/C11H8BrN3O5S/c12-11-8(2-1-5-13-11)14-21(19,20)7-3-4-10(16)9(6-7)15(17)18/h1-6,14,16H. The zero-order chi connectivity index (χ0) is 15.6. The molecule has 0 aliphatic rings. The number of rotatable bonds is 4. The maximum Gasteiger partial charge on any atom is 0.312 e. The van der Waals surface area contributed by atoms with Gasteiger partial charge in [-0.15, -0.1) is 0 Å². The molecule has 0 saturated heterocycles. The van der Waals surface area contributed by atoms with E-state index in [1.54, 1.807) is 0 Å². The van der Waals surface area contributed by atoms with Gasteiger partial charge in [0.2, 0.25) is 0 Å². The van der Waals surface area contributed by atoms with Crippen LogP contribution < -0.4 is 4.72 Å². The fourth-order valence-electron chi connectivity index (χ4n) is 1.48. The van der Waals surface area contributed by atoms with Gasteiger partial charge in [-0.2, -0.15) is 0 Å². The van der Waals surface area contributed by atoms with Gasteiger partial charge in [0, 0.05) is 12.3 Å². The number of nitro groups is 1. The van der Waals surface area contributed by atoms with Crippen molar-refractivity contribution in [2.75, 3.05) is 4.72 Å². The minimum atomic E-state index is -4.04. The third kappa shape index (κ3) is 3.28. The zero-order valence-electron chi connectivity index (χ0n) is 10.2. The first-order chi connectivity index (χ1) is 9.81. The summed E-state index contributed by atoms with van der Waals surface area (Å²) in [6.45, 7) is 0. The van der Waals surface area contributed by atoms with Crippen LogP contribution in [0.25, 0.3) is 0 Å². The summed E-state index contributed by atoms with van der Waals surface area (Å²) in [6.07, 6.45) is 1.47. The normalized spacial score (nSPS) is 11.1.